The fraction of sp³-hybridized carbons (Fsp3) is 0.882. The normalized spacial score (nSPS) is 19.1. The molecule has 120 valence electrons. The van der Waals surface area contributed by atoms with Crippen molar-refractivity contribution in [1.82, 2.24) is 10.1 Å². The summed E-state index contributed by atoms with van der Waals surface area (Å²) in [6.45, 7) is 3.00. The van der Waals surface area contributed by atoms with E-state index in [2.05, 4.69) is 17.1 Å². The molecule has 1 saturated carbocycles. The molecular weight excluding hydrogens is 262 g/mol. The van der Waals surface area contributed by atoms with Crippen LogP contribution < -0.4 is 5.73 Å². The first-order valence-corrected chi connectivity index (χ1v) is 8.86. The first-order valence-electron chi connectivity index (χ1n) is 8.86. The van der Waals surface area contributed by atoms with Crippen LogP contribution >= 0.6 is 0 Å². The van der Waals surface area contributed by atoms with E-state index in [0.717, 1.165) is 37.5 Å². The molecule has 0 radical (unpaired) electrons. The molecule has 4 nitrogen and oxygen atoms in total. The van der Waals surface area contributed by atoms with Crippen molar-refractivity contribution in [2.45, 2.75) is 83.5 Å². The van der Waals surface area contributed by atoms with E-state index in [9.17, 15) is 0 Å². The van der Waals surface area contributed by atoms with Gasteiger partial charge in [0.05, 0.1) is 0 Å². The first-order chi connectivity index (χ1) is 10.3. The van der Waals surface area contributed by atoms with Gasteiger partial charge < -0.3 is 10.3 Å². The highest BCUT2D eigenvalue weighted by atomic mass is 16.5. The van der Waals surface area contributed by atoms with Crippen LogP contribution in [0.15, 0.2) is 4.52 Å². The van der Waals surface area contributed by atoms with Crippen molar-refractivity contribution < 1.29 is 4.52 Å². The van der Waals surface area contributed by atoms with Gasteiger partial charge >= 0.3 is 0 Å². The summed E-state index contributed by atoms with van der Waals surface area (Å²) in [5, 5.41) is 4.25. The molecule has 0 aromatic carbocycles. The van der Waals surface area contributed by atoms with Gasteiger partial charge in [0.25, 0.3) is 0 Å². The van der Waals surface area contributed by atoms with Crippen LogP contribution in [0.25, 0.3) is 0 Å². The molecule has 1 unspecified atom stereocenters. The van der Waals surface area contributed by atoms with Crippen molar-refractivity contribution in [3.8, 4) is 0 Å². The maximum Gasteiger partial charge on any atom is 0.226 e. The lowest BCUT2D eigenvalue weighted by molar-refractivity contribution is 0.344. The number of rotatable bonds is 7. The summed E-state index contributed by atoms with van der Waals surface area (Å²) in [5.74, 6) is 2.99. The van der Waals surface area contributed by atoms with Crippen LogP contribution in [0.5, 0.6) is 0 Å². The number of hydrogen-bond donors (Lipinski definition) is 1. The van der Waals surface area contributed by atoms with Crippen molar-refractivity contribution >= 4 is 0 Å². The Kier molecular flexibility index (Phi) is 7.20. The highest BCUT2D eigenvalue weighted by Gasteiger charge is 2.19. The highest BCUT2D eigenvalue weighted by Crippen LogP contribution is 2.29. The van der Waals surface area contributed by atoms with E-state index < -0.39 is 0 Å². The summed E-state index contributed by atoms with van der Waals surface area (Å²) in [6, 6.07) is 0. The van der Waals surface area contributed by atoms with Crippen LogP contribution in [-0.4, -0.2) is 16.7 Å². The van der Waals surface area contributed by atoms with Gasteiger partial charge in [-0.3, -0.25) is 0 Å². The van der Waals surface area contributed by atoms with Gasteiger partial charge in [-0.25, -0.2) is 0 Å². The fourth-order valence-electron chi connectivity index (χ4n) is 3.37. The third kappa shape index (κ3) is 5.42. The largest absolute Gasteiger partial charge is 0.339 e. The van der Waals surface area contributed by atoms with Gasteiger partial charge in [-0.15, -0.1) is 0 Å². The van der Waals surface area contributed by atoms with Crippen molar-refractivity contribution in [1.29, 1.82) is 0 Å². The van der Waals surface area contributed by atoms with Gasteiger partial charge in [0, 0.05) is 12.3 Å². The lowest BCUT2D eigenvalue weighted by Gasteiger charge is -2.15. The Morgan fingerprint density at radius 1 is 1.14 bits per heavy atom. The molecule has 2 rings (SSSR count). The second-order valence-corrected chi connectivity index (χ2v) is 6.48. The van der Waals surface area contributed by atoms with Crippen LogP contribution in [-0.2, 0) is 6.42 Å². The Morgan fingerprint density at radius 2 is 1.86 bits per heavy atom. The topological polar surface area (TPSA) is 64.9 Å². The molecular formula is C17H31N3O. The number of nitrogens with zero attached hydrogens (tertiary/aromatic N) is 2. The van der Waals surface area contributed by atoms with Crippen molar-refractivity contribution in [3.63, 3.8) is 0 Å². The lowest BCUT2D eigenvalue weighted by atomic mass is 9.91. The second kappa shape index (κ2) is 9.19. The van der Waals surface area contributed by atoms with Crippen LogP contribution in [0.1, 0.15) is 88.8 Å². The molecule has 21 heavy (non-hydrogen) atoms. The fourth-order valence-corrected chi connectivity index (χ4v) is 3.37. The molecule has 4 heteroatoms. The van der Waals surface area contributed by atoms with E-state index in [1.807, 2.05) is 0 Å². The Bertz CT molecular complexity index is 383. The molecule has 1 fully saturated rings. The van der Waals surface area contributed by atoms with Crippen LogP contribution in [0.4, 0.5) is 0 Å². The zero-order valence-corrected chi connectivity index (χ0v) is 13.5. The lowest BCUT2D eigenvalue weighted by Crippen LogP contribution is -2.09. The molecule has 0 bridgehead atoms. The first kappa shape index (κ1) is 16.5. The average molecular weight is 293 g/mol. The van der Waals surface area contributed by atoms with Gasteiger partial charge in [0.15, 0.2) is 5.82 Å². The molecule has 0 spiro atoms. The minimum atomic E-state index is 0.522. The van der Waals surface area contributed by atoms with Gasteiger partial charge in [0.1, 0.15) is 0 Å². The molecule has 1 aromatic rings. The summed E-state index contributed by atoms with van der Waals surface area (Å²) in [6.07, 6.45) is 13.5. The van der Waals surface area contributed by atoms with Gasteiger partial charge in [0.2, 0.25) is 5.89 Å². The van der Waals surface area contributed by atoms with Crippen molar-refractivity contribution in [2.75, 3.05) is 6.54 Å². The highest BCUT2D eigenvalue weighted by molar-refractivity contribution is 4.96. The van der Waals surface area contributed by atoms with Crippen LogP contribution in [0, 0.1) is 5.92 Å². The predicted octanol–water partition coefficient (Wildman–Crippen LogP) is 4.21. The van der Waals surface area contributed by atoms with E-state index in [-0.39, 0.29) is 0 Å². The molecule has 0 saturated heterocycles. The average Bonchev–Trinajstić information content (AvgIpc) is 2.92. The van der Waals surface area contributed by atoms with Crippen LogP contribution in [0.2, 0.25) is 0 Å². The maximum atomic E-state index is 5.65. The SMILES string of the molecule is CCC(CCN)CCc1nc(C2CCCCCCC2)no1. The van der Waals surface area contributed by atoms with E-state index in [0.29, 0.717) is 11.8 Å². The molecule has 1 aromatic heterocycles. The number of hydrogen-bond acceptors (Lipinski definition) is 4. The summed E-state index contributed by atoms with van der Waals surface area (Å²) in [4.78, 5) is 4.66. The zero-order valence-electron chi connectivity index (χ0n) is 13.5. The molecule has 2 N–H and O–H groups in total. The third-order valence-electron chi connectivity index (χ3n) is 4.87. The standard InChI is InChI=1S/C17H31N3O/c1-2-14(12-13-18)10-11-16-19-17(20-21-16)15-8-6-4-3-5-7-9-15/h14-15H,2-13,18H2,1H3. The second-order valence-electron chi connectivity index (χ2n) is 6.48. The minimum Gasteiger partial charge on any atom is -0.339 e. The molecule has 1 aliphatic rings. The molecule has 0 aliphatic heterocycles. The Hall–Kier alpha value is -0.900. The van der Waals surface area contributed by atoms with Gasteiger partial charge in [-0.2, -0.15) is 4.98 Å². The monoisotopic (exact) mass is 293 g/mol. The van der Waals surface area contributed by atoms with E-state index in [1.54, 1.807) is 0 Å². The Labute approximate surface area is 128 Å². The summed E-state index contributed by atoms with van der Waals surface area (Å²) >= 11 is 0. The molecule has 1 aliphatic carbocycles. The quantitative estimate of drug-likeness (QED) is 0.818. The van der Waals surface area contributed by atoms with Gasteiger partial charge in [-0.1, -0.05) is 50.6 Å². The summed E-state index contributed by atoms with van der Waals surface area (Å²) < 4.78 is 5.47. The van der Waals surface area contributed by atoms with Gasteiger partial charge in [-0.05, 0) is 38.1 Å². The smallest absolute Gasteiger partial charge is 0.226 e. The summed E-state index contributed by atoms with van der Waals surface area (Å²) in [5.41, 5.74) is 5.65. The van der Waals surface area contributed by atoms with E-state index >= 15 is 0 Å². The van der Waals surface area contributed by atoms with Crippen molar-refractivity contribution in [2.24, 2.45) is 11.7 Å². The van der Waals surface area contributed by atoms with Crippen molar-refractivity contribution in [3.05, 3.63) is 11.7 Å². The van der Waals surface area contributed by atoms with E-state index in [1.165, 1.54) is 51.4 Å². The van der Waals surface area contributed by atoms with E-state index in [4.69, 9.17) is 10.3 Å². The summed E-state index contributed by atoms with van der Waals surface area (Å²) in [7, 11) is 0. The molecule has 1 heterocycles. The maximum absolute atomic E-state index is 5.65. The third-order valence-corrected chi connectivity index (χ3v) is 4.87. The molecule has 0 amide bonds. The Morgan fingerprint density at radius 3 is 2.52 bits per heavy atom. The zero-order chi connectivity index (χ0) is 14.9. The number of nitrogens with two attached hydrogens (primary N) is 1. The molecule has 1 atom stereocenters. The van der Waals surface area contributed by atoms with Crippen LogP contribution in [0.3, 0.4) is 0 Å². The minimum absolute atomic E-state index is 0.522. The number of aryl methyl sites for hydroxylation is 1. The Balaban J connectivity index is 1.84. The predicted molar refractivity (Wildman–Crippen MR) is 85.1 cm³/mol. The number of aromatic nitrogens is 2.